The maximum Gasteiger partial charge on any atom is 0.191 e. The monoisotopic (exact) mass is 345 g/mol. The third kappa shape index (κ3) is 6.46. The van der Waals surface area contributed by atoms with Crippen LogP contribution < -0.4 is 5.73 Å². The van der Waals surface area contributed by atoms with Crippen molar-refractivity contribution in [2.24, 2.45) is 10.7 Å². The first-order valence-electron chi connectivity index (χ1n) is 5.16. The Morgan fingerprint density at radius 2 is 2.06 bits per heavy atom. The molecule has 3 N–H and O–H groups in total. The van der Waals surface area contributed by atoms with Gasteiger partial charge in [-0.15, -0.1) is 24.0 Å². The van der Waals surface area contributed by atoms with Crippen LogP contribution in [0.4, 0.5) is 0 Å². The van der Waals surface area contributed by atoms with Gasteiger partial charge >= 0.3 is 0 Å². The van der Waals surface area contributed by atoms with E-state index < -0.39 is 0 Å². The second-order valence-electron chi connectivity index (χ2n) is 3.18. The highest BCUT2D eigenvalue weighted by Crippen LogP contribution is 1.95. The number of hydrogen-bond donors (Lipinski definition) is 2. The van der Waals surface area contributed by atoms with E-state index in [1.54, 1.807) is 0 Å². The molecule has 1 saturated heterocycles. The lowest BCUT2D eigenvalue weighted by molar-refractivity contribution is 0.0671. The molecular weight excluding hydrogens is 325 g/mol. The standard InChI is InChI=1S/C9H19N3O3.HI/c10-9(11-1-5-14-8-4-13)12-2-6-15-7-3-12;/h13H,1-8H2,(H2,10,11);1H. The Balaban J connectivity index is 0.00000225. The van der Waals surface area contributed by atoms with E-state index in [0.717, 1.165) is 13.1 Å². The number of morpholine rings is 1. The lowest BCUT2D eigenvalue weighted by Crippen LogP contribution is -2.45. The average Bonchev–Trinajstić information content (AvgIpc) is 2.30. The van der Waals surface area contributed by atoms with E-state index in [-0.39, 0.29) is 30.6 Å². The number of ether oxygens (including phenoxy) is 2. The van der Waals surface area contributed by atoms with E-state index in [0.29, 0.717) is 38.9 Å². The quantitative estimate of drug-likeness (QED) is 0.297. The van der Waals surface area contributed by atoms with Crippen molar-refractivity contribution < 1.29 is 14.6 Å². The molecule has 1 aliphatic heterocycles. The number of aliphatic imine (C=N–C) groups is 1. The summed E-state index contributed by atoms with van der Waals surface area (Å²) in [5, 5.41) is 8.47. The Morgan fingerprint density at radius 3 is 2.69 bits per heavy atom. The van der Waals surface area contributed by atoms with Crippen molar-refractivity contribution in [1.29, 1.82) is 0 Å². The Morgan fingerprint density at radius 1 is 1.38 bits per heavy atom. The summed E-state index contributed by atoms with van der Waals surface area (Å²) in [6.45, 7) is 4.43. The van der Waals surface area contributed by atoms with Gasteiger partial charge in [0.2, 0.25) is 0 Å². The number of nitrogens with zero attached hydrogens (tertiary/aromatic N) is 2. The summed E-state index contributed by atoms with van der Waals surface area (Å²) in [4.78, 5) is 6.17. The maximum atomic E-state index is 8.47. The number of nitrogens with two attached hydrogens (primary N) is 1. The largest absolute Gasteiger partial charge is 0.394 e. The van der Waals surface area contributed by atoms with Crippen LogP contribution in [0.2, 0.25) is 0 Å². The molecule has 0 radical (unpaired) electrons. The number of aliphatic hydroxyl groups excluding tert-OH is 1. The molecular formula is C9H20IN3O3. The molecule has 0 aliphatic carbocycles. The van der Waals surface area contributed by atoms with E-state index in [2.05, 4.69) is 4.99 Å². The van der Waals surface area contributed by atoms with Gasteiger partial charge in [0.05, 0.1) is 39.6 Å². The molecule has 0 saturated carbocycles. The molecule has 0 unspecified atom stereocenters. The first kappa shape index (κ1) is 15.9. The van der Waals surface area contributed by atoms with Gasteiger partial charge in [-0.1, -0.05) is 0 Å². The molecule has 0 amide bonds. The summed E-state index contributed by atoms with van der Waals surface area (Å²) >= 11 is 0. The van der Waals surface area contributed by atoms with Crippen LogP contribution in [-0.4, -0.2) is 68.6 Å². The summed E-state index contributed by atoms with van der Waals surface area (Å²) < 4.78 is 10.3. The van der Waals surface area contributed by atoms with Gasteiger partial charge in [-0.3, -0.25) is 4.99 Å². The van der Waals surface area contributed by atoms with Gasteiger partial charge in [-0.25, -0.2) is 0 Å². The fourth-order valence-electron chi connectivity index (χ4n) is 1.28. The van der Waals surface area contributed by atoms with Crippen molar-refractivity contribution in [1.82, 2.24) is 4.90 Å². The molecule has 0 bridgehead atoms. The van der Waals surface area contributed by atoms with Gasteiger partial charge in [0.1, 0.15) is 0 Å². The van der Waals surface area contributed by atoms with Crippen LogP contribution in [0.15, 0.2) is 4.99 Å². The summed E-state index contributed by atoms with van der Waals surface area (Å²) in [5.41, 5.74) is 5.78. The highest BCUT2D eigenvalue weighted by molar-refractivity contribution is 14.0. The first-order chi connectivity index (χ1) is 7.34. The molecule has 1 fully saturated rings. The van der Waals surface area contributed by atoms with Crippen LogP contribution in [0.1, 0.15) is 0 Å². The van der Waals surface area contributed by atoms with Crippen LogP contribution in [0.3, 0.4) is 0 Å². The topological polar surface area (TPSA) is 80.3 Å². The molecule has 96 valence electrons. The van der Waals surface area contributed by atoms with E-state index in [1.807, 2.05) is 4.90 Å². The van der Waals surface area contributed by atoms with Crippen LogP contribution in [0.5, 0.6) is 0 Å². The fourth-order valence-corrected chi connectivity index (χ4v) is 1.28. The molecule has 1 aliphatic rings. The SMILES string of the molecule is I.NC(=NCCOCCO)N1CCOCC1. The van der Waals surface area contributed by atoms with Crippen LogP contribution >= 0.6 is 24.0 Å². The molecule has 7 heteroatoms. The summed E-state index contributed by atoms with van der Waals surface area (Å²) in [7, 11) is 0. The number of rotatable bonds is 5. The summed E-state index contributed by atoms with van der Waals surface area (Å²) in [6.07, 6.45) is 0. The van der Waals surface area contributed by atoms with Gasteiger partial charge in [0, 0.05) is 13.1 Å². The second-order valence-corrected chi connectivity index (χ2v) is 3.18. The van der Waals surface area contributed by atoms with Gasteiger partial charge in [0.25, 0.3) is 0 Å². The van der Waals surface area contributed by atoms with Gasteiger partial charge < -0.3 is 25.2 Å². The Hall–Kier alpha value is -0.120. The van der Waals surface area contributed by atoms with Crippen molar-refractivity contribution in [2.75, 3.05) is 52.7 Å². The van der Waals surface area contributed by atoms with Crippen molar-refractivity contribution in [3.8, 4) is 0 Å². The van der Waals surface area contributed by atoms with E-state index in [1.165, 1.54) is 0 Å². The maximum absolute atomic E-state index is 8.47. The molecule has 6 nitrogen and oxygen atoms in total. The molecule has 0 atom stereocenters. The van der Waals surface area contributed by atoms with Crippen LogP contribution in [-0.2, 0) is 9.47 Å². The normalized spacial score (nSPS) is 17.1. The second kappa shape index (κ2) is 10.1. The number of halogens is 1. The minimum Gasteiger partial charge on any atom is -0.394 e. The number of aliphatic hydroxyl groups is 1. The predicted molar refractivity (Wildman–Crippen MR) is 72.2 cm³/mol. The van der Waals surface area contributed by atoms with Gasteiger partial charge in [-0.05, 0) is 0 Å². The van der Waals surface area contributed by atoms with E-state index >= 15 is 0 Å². The Labute approximate surface area is 113 Å². The van der Waals surface area contributed by atoms with Gasteiger partial charge in [-0.2, -0.15) is 0 Å². The van der Waals surface area contributed by atoms with E-state index in [4.69, 9.17) is 20.3 Å². The molecule has 1 heterocycles. The smallest absolute Gasteiger partial charge is 0.191 e. The number of guanidine groups is 1. The van der Waals surface area contributed by atoms with Crippen molar-refractivity contribution in [2.45, 2.75) is 0 Å². The third-order valence-electron chi connectivity index (χ3n) is 2.08. The van der Waals surface area contributed by atoms with Crippen LogP contribution in [0, 0.1) is 0 Å². The molecule has 0 aromatic heterocycles. The summed E-state index contributed by atoms with van der Waals surface area (Å²) in [6, 6.07) is 0. The minimum atomic E-state index is 0. The van der Waals surface area contributed by atoms with Gasteiger partial charge in [0.15, 0.2) is 5.96 Å². The average molecular weight is 345 g/mol. The molecule has 1 rings (SSSR count). The Kier molecular flexibility index (Phi) is 9.99. The lowest BCUT2D eigenvalue weighted by Gasteiger charge is -2.27. The zero-order valence-electron chi connectivity index (χ0n) is 9.30. The first-order valence-corrected chi connectivity index (χ1v) is 5.16. The summed E-state index contributed by atoms with van der Waals surface area (Å²) in [5.74, 6) is 0.547. The zero-order chi connectivity index (χ0) is 10.9. The molecule has 16 heavy (non-hydrogen) atoms. The Bertz CT molecular complexity index is 198. The van der Waals surface area contributed by atoms with Crippen molar-refractivity contribution in [3.05, 3.63) is 0 Å². The number of hydrogen-bond acceptors (Lipinski definition) is 4. The zero-order valence-corrected chi connectivity index (χ0v) is 11.6. The highest BCUT2D eigenvalue weighted by Gasteiger charge is 2.11. The highest BCUT2D eigenvalue weighted by atomic mass is 127. The fraction of sp³-hybridized carbons (Fsp3) is 0.889. The minimum absolute atomic E-state index is 0. The lowest BCUT2D eigenvalue weighted by atomic mass is 10.4. The third-order valence-corrected chi connectivity index (χ3v) is 2.08. The predicted octanol–water partition coefficient (Wildman–Crippen LogP) is -0.740. The molecule has 0 spiro atoms. The molecule has 0 aromatic carbocycles. The van der Waals surface area contributed by atoms with Crippen LogP contribution in [0.25, 0.3) is 0 Å². The van der Waals surface area contributed by atoms with Crippen molar-refractivity contribution in [3.63, 3.8) is 0 Å². The molecule has 0 aromatic rings. The van der Waals surface area contributed by atoms with E-state index in [9.17, 15) is 0 Å². The van der Waals surface area contributed by atoms with Crippen molar-refractivity contribution >= 4 is 29.9 Å².